The molecule has 1 aliphatic rings. The van der Waals surface area contributed by atoms with E-state index in [0.29, 0.717) is 23.5 Å². The molecule has 1 fully saturated rings. The molecule has 1 atom stereocenters. The molecular weight excluding hydrogens is 230 g/mol. The number of pyridine rings is 1. The molecule has 0 unspecified atom stereocenters. The summed E-state index contributed by atoms with van der Waals surface area (Å²) >= 11 is 0. The van der Waals surface area contributed by atoms with Gasteiger partial charge >= 0.3 is 0 Å². The summed E-state index contributed by atoms with van der Waals surface area (Å²) in [6.45, 7) is 2.23. The van der Waals surface area contributed by atoms with Crippen molar-refractivity contribution in [2.24, 2.45) is 5.92 Å². The minimum absolute atomic E-state index is 0.0637. The van der Waals surface area contributed by atoms with E-state index in [-0.39, 0.29) is 5.56 Å². The fourth-order valence-corrected chi connectivity index (χ4v) is 2.35. The smallest absolute Gasteiger partial charge is 0.279 e. The quantitative estimate of drug-likeness (QED) is 0.798. The predicted octanol–water partition coefficient (Wildman–Crippen LogP) is 1.22. The Morgan fingerprint density at radius 1 is 1.44 bits per heavy atom. The van der Waals surface area contributed by atoms with Gasteiger partial charge in [0.2, 0.25) is 0 Å². The third kappa shape index (κ3) is 2.13. The van der Waals surface area contributed by atoms with E-state index in [1.165, 1.54) is 0 Å². The van der Waals surface area contributed by atoms with Gasteiger partial charge in [-0.25, -0.2) is 9.97 Å². The lowest BCUT2D eigenvalue weighted by atomic mass is 10.0. The Bertz CT molecular complexity index is 602. The summed E-state index contributed by atoms with van der Waals surface area (Å²) in [7, 11) is 0. The van der Waals surface area contributed by atoms with E-state index in [2.05, 4.69) is 9.97 Å². The second-order valence-electron chi connectivity index (χ2n) is 4.66. The standard InChI is InChI=1S/C13H15N3O2/c17-13-12-11(4-1-5-14-12)15-9-16(13)7-10-3-2-6-18-8-10/h1,4-5,9-10H,2-3,6-8H2/t10-/m1/s1. The number of fused-ring (bicyclic) bond motifs is 1. The molecule has 1 aliphatic heterocycles. The highest BCUT2D eigenvalue weighted by Crippen LogP contribution is 2.15. The summed E-state index contributed by atoms with van der Waals surface area (Å²) in [5.41, 5.74) is 1.03. The fourth-order valence-electron chi connectivity index (χ4n) is 2.35. The third-order valence-corrected chi connectivity index (χ3v) is 3.30. The second kappa shape index (κ2) is 4.86. The van der Waals surface area contributed by atoms with E-state index >= 15 is 0 Å². The van der Waals surface area contributed by atoms with Gasteiger partial charge in [0.25, 0.3) is 5.56 Å². The highest BCUT2D eigenvalue weighted by molar-refractivity contribution is 5.71. The van der Waals surface area contributed by atoms with Crippen LogP contribution in [0.5, 0.6) is 0 Å². The van der Waals surface area contributed by atoms with Crippen LogP contribution in [0.4, 0.5) is 0 Å². The molecule has 2 aromatic heterocycles. The Morgan fingerprint density at radius 2 is 2.39 bits per heavy atom. The van der Waals surface area contributed by atoms with E-state index in [4.69, 9.17) is 4.74 Å². The Labute approximate surface area is 104 Å². The molecule has 0 bridgehead atoms. The Kier molecular flexibility index (Phi) is 3.06. The van der Waals surface area contributed by atoms with Crippen molar-refractivity contribution in [2.45, 2.75) is 19.4 Å². The summed E-state index contributed by atoms with van der Waals surface area (Å²) in [4.78, 5) is 20.6. The minimum atomic E-state index is -0.0637. The van der Waals surface area contributed by atoms with Crippen LogP contribution in [0.1, 0.15) is 12.8 Å². The lowest BCUT2D eigenvalue weighted by molar-refractivity contribution is 0.0479. The van der Waals surface area contributed by atoms with Crippen molar-refractivity contribution in [3.8, 4) is 0 Å². The Hall–Kier alpha value is -1.75. The summed E-state index contributed by atoms with van der Waals surface area (Å²) in [6, 6.07) is 3.59. The zero-order chi connectivity index (χ0) is 12.4. The lowest BCUT2D eigenvalue weighted by Gasteiger charge is -2.22. The normalized spacial score (nSPS) is 20.1. The topological polar surface area (TPSA) is 57.0 Å². The van der Waals surface area contributed by atoms with Crippen molar-refractivity contribution in [3.63, 3.8) is 0 Å². The van der Waals surface area contributed by atoms with Crippen LogP contribution in [0.25, 0.3) is 11.0 Å². The molecule has 0 aromatic carbocycles. The van der Waals surface area contributed by atoms with Crippen LogP contribution in [0, 0.1) is 5.92 Å². The van der Waals surface area contributed by atoms with Crippen molar-refractivity contribution in [1.29, 1.82) is 0 Å². The largest absolute Gasteiger partial charge is 0.381 e. The van der Waals surface area contributed by atoms with Gasteiger partial charge in [0, 0.05) is 25.3 Å². The number of rotatable bonds is 2. The van der Waals surface area contributed by atoms with Crippen molar-refractivity contribution in [2.75, 3.05) is 13.2 Å². The van der Waals surface area contributed by atoms with Gasteiger partial charge in [-0.3, -0.25) is 9.36 Å². The first kappa shape index (κ1) is 11.3. The molecule has 0 amide bonds. The molecule has 94 valence electrons. The number of hydrogen-bond acceptors (Lipinski definition) is 4. The molecule has 1 saturated heterocycles. The molecule has 0 radical (unpaired) electrons. The zero-order valence-corrected chi connectivity index (χ0v) is 10.1. The van der Waals surface area contributed by atoms with Crippen molar-refractivity contribution >= 4 is 11.0 Å². The molecule has 0 spiro atoms. The molecule has 18 heavy (non-hydrogen) atoms. The van der Waals surface area contributed by atoms with Gasteiger partial charge < -0.3 is 4.74 Å². The summed E-state index contributed by atoms with van der Waals surface area (Å²) < 4.78 is 7.08. The molecule has 3 heterocycles. The van der Waals surface area contributed by atoms with Gasteiger partial charge in [0.15, 0.2) is 5.52 Å². The van der Waals surface area contributed by atoms with E-state index in [9.17, 15) is 4.79 Å². The van der Waals surface area contributed by atoms with Crippen molar-refractivity contribution in [3.05, 3.63) is 35.0 Å². The van der Waals surface area contributed by atoms with Gasteiger partial charge in [-0.05, 0) is 25.0 Å². The number of ether oxygens (including phenoxy) is 1. The maximum absolute atomic E-state index is 12.2. The van der Waals surface area contributed by atoms with Gasteiger partial charge in [-0.2, -0.15) is 0 Å². The SMILES string of the molecule is O=c1c2ncccc2ncn1C[C@H]1CCCOC1. The summed E-state index contributed by atoms with van der Waals surface area (Å²) in [6.07, 6.45) is 5.41. The van der Waals surface area contributed by atoms with Crippen LogP contribution in [0.2, 0.25) is 0 Å². The number of nitrogens with zero attached hydrogens (tertiary/aromatic N) is 3. The van der Waals surface area contributed by atoms with Crippen LogP contribution in [0.3, 0.4) is 0 Å². The van der Waals surface area contributed by atoms with E-state index in [0.717, 1.165) is 26.1 Å². The maximum atomic E-state index is 12.2. The average Bonchev–Trinajstić information content (AvgIpc) is 2.43. The van der Waals surface area contributed by atoms with E-state index in [1.807, 2.05) is 0 Å². The van der Waals surface area contributed by atoms with Crippen LogP contribution in [0.15, 0.2) is 29.5 Å². The minimum Gasteiger partial charge on any atom is -0.381 e. The molecule has 0 aliphatic carbocycles. The number of aromatic nitrogens is 3. The monoisotopic (exact) mass is 245 g/mol. The third-order valence-electron chi connectivity index (χ3n) is 3.30. The van der Waals surface area contributed by atoms with Gasteiger partial charge in [-0.1, -0.05) is 0 Å². The first-order valence-corrected chi connectivity index (χ1v) is 6.22. The van der Waals surface area contributed by atoms with Crippen molar-refractivity contribution < 1.29 is 4.74 Å². The van der Waals surface area contributed by atoms with Gasteiger partial charge in [0.1, 0.15) is 0 Å². The molecule has 5 nitrogen and oxygen atoms in total. The average molecular weight is 245 g/mol. The Morgan fingerprint density at radius 3 is 3.22 bits per heavy atom. The van der Waals surface area contributed by atoms with Gasteiger partial charge in [-0.15, -0.1) is 0 Å². The summed E-state index contributed by atoms with van der Waals surface area (Å²) in [5.74, 6) is 0.402. The van der Waals surface area contributed by atoms with Crippen LogP contribution < -0.4 is 5.56 Å². The van der Waals surface area contributed by atoms with Crippen LogP contribution in [-0.2, 0) is 11.3 Å². The molecule has 0 N–H and O–H groups in total. The fraction of sp³-hybridized carbons (Fsp3) is 0.462. The lowest BCUT2D eigenvalue weighted by Crippen LogP contribution is -2.29. The molecule has 0 saturated carbocycles. The zero-order valence-electron chi connectivity index (χ0n) is 10.1. The molecule has 5 heteroatoms. The molecule has 3 rings (SSSR count). The first-order chi connectivity index (χ1) is 8.84. The van der Waals surface area contributed by atoms with Gasteiger partial charge in [0.05, 0.1) is 18.5 Å². The Balaban J connectivity index is 1.92. The van der Waals surface area contributed by atoms with E-state index < -0.39 is 0 Å². The van der Waals surface area contributed by atoms with E-state index in [1.54, 1.807) is 29.2 Å². The highest BCUT2D eigenvalue weighted by atomic mass is 16.5. The first-order valence-electron chi connectivity index (χ1n) is 6.22. The molecular formula is C13H15N3O2. The van der Waals surface area contributed by atoms with Crippen LogP contribution in [-0.4, -0.2) is 27.7 Å². The molecule has 2 aromatic rings. The van der Waals surface area contributed by atoms with Crippen molar-refractivity contribution in [1.82, 2.24) is 14.5 Å². The highest BCUT2D eigenvalue weighted by Gasteiger charge is 2.15. The maximum Gasteiger partial charge on any atom is 0.279 e. The summed E-state index contributed by atoms with van der Waals surface area (Å²) in [5, 5.41) is 0. The van der Waals surface area contributed by atoms with Crippen LogP contribution >= 0.6 is 0 Å². The predicted molar refractivity (Wildman–Crippen MR) is 67.3 cm³/mol. The second-order valence-corrected chi connectivity index (χ2v) is 4.66. The number of hydrogen-bond donors (Lipinski definition) is 0.